The number of hydrogen-bond donors (Lipinski definition) is 0. The molecule has 134 valence electrons. The predicted octanol–water partition coefficient (Wildman–Crippen LogP) is 6.34. The molecule has 0 radical (unpaired) electrons. The molecule has 3 aliphatic rings. The summed E-state index contributed by atoms with van der Waals surface area (Å²) in [6, 6.07) is 6.63. The summed E-state index contributed by atoms with van der Waals surface area (Å²) in [7, 11) is 0. The zero-order valence-corrected chi connectivity index (χ0v) is 16.4. The Morgan fingerprint density at radius 1 is 0.960 bits per heavy atom. The van der Waals surface area contributed by atoms with Gasteiger partial charge >= 0.3 is 0 Å². The predicted molar refractivity (Wildman–Crippen MR) is 105 cm³/mol. The molecule has 0 atom stereocenters. The molecule has 0 saturated heterocycles. The van der Waals surface area contributed by atoms with Crippen molar-refractivity contribution in [3.8, 4) is 0 Å². The van der Waals surface area contributed by atoms with Gasteiger partial charge in [0, 0.05) is 6.07 Å². The van der Waals surface area contributed by atoms with Gasteiger partial charge in [0.2, 0.25) is 11.4 Å². The third-order valence-electron chi connectivity index (χ3n) is 6.69. The SMILES string of the molecule is CC1(C)C=C2C(=[N+]([O-])c3ccc(C4(C)CCCCC4)cc32)C(C)(C)C1. The van der Waals surface area contributed by atoms with E-state index in [1.165, 1.54) is 48.0 Å². The Hall–Kier alpha value is -1.57. The quantitative estimate of drug-likeness (QED) is 0.433. The van der Waals surface area contributed by atoms with Crippen LogP contribution < -0.4 is 0 Å². The number of nitrogens with zero attached hydrogens (tertiary/aromatic N) is 1. The van der Waals surface area contributed by atoms with Crippen molar-refractivity contribution in [3.05, 3.63) is 40.6 Å². The molecule has 1 aromatic carbocycles. The van der Waals surface area contributed by atoms with Crippen LogP contribution in [0.25, 0.3) is 5.57 Å². The van der Waals surface area contributed by atoms with Crippen LogP contribution in [0.2, 0.25) is 0 Å². The second kappa shape index (κ2) is 5.22. The Kier molecular flexibility index (Phi) is 3.52. The van der Waals surface area contributed by atoms with Crippen molar-refractivity contribution in [2.75, 3.05) is 0 Å². The summed E-state index contributed by atoms with van der Waals surface area (Å²) >= 11 is 0. The van der Waals surface area contributed by atoms with Gasteiger partial charge < -0.3 is 5.21 Å². The average molecular weight is 338 g/mol. The fourth-order valence-electron chi connectivity index (χ4n) is 5.73. The van der Waals surface area contributed by atoms with Crippen LogP contribution in [0, 0.1) is 16.0 Å². The van der Waals surface area contributed by atoms with E-state index < -0.39 is 0 Å². The van der Waals surface area contributed by atoms with Crippen molar-refractivity contribution in [2.24, 2.45) is 10.8 Å². The lowest BCUT2D eigenvalue weighted by Gasteiger charge is -2.37. The van der Waals surface area contributed by atoms with Crippen LogP contribution in [0.3, 0.4) is 0 Å². The lowest BCUT2D eigenvalue weighted by Crippen LogP contribution is -2.36. The molecule has 1 saturated carbocycles. The second-order valence-corrected chi connectivity index (χ2v) is 10.1. The van der Waals surface area contributed by atoms with Crippen molar-refractivity contribution in [1.29, 1.82) is 0 Å². The summed E-state index contributed by atoms with van der Waals surface area (Å²) in [5.41, 5.74) is 5.87. The molecule has 0 unspecified atom stereocenters. The van der Waals surface area contributed by atoms with E-state index >= 15 is 0 Å². The van der Waals surface area contributed by atoms with Crippen LogP contribution in [0.5, 0.6) is 0 Å². The first-order chi connectivity index (χ1) is 11.6. The number of benzene rings is 1. The Labute approximate surface area is 152 Å². The smallest absolute Gasteiger partial charge is 0.224 e. The van der Waals surface area contributed by atoms with E-state index in [-0.39, 0.29) is 16.2 Å². The first-order valence-electron chi connectivity index (χ1n) is 9.86. The summed E-state index contributed by atoms with van der Waals surface area (Å²) < 4.78 is 1.21. The molecule has 0 aromatic heterocycles. The lowest BCUT2D eigenvalue weighted by molar-refractivity contribution is -0.361. The zero-order valence-electron chi connectivity index (χ0n) is 16.4. The Morgan fingerprint density at radius 3 is 2.32 bits per heavy atom. The highest BCUT2D eigenvalue weighted by molar-refractivity contribution is 6.27. The third kappa shape index (κ3) is 2.56. The topological polar surface area (TPSA) is 26.1 Å². The molecule has 0 bridgehead atoms. The van der Waals surface area contributed by atoms with Gasteiger partial charge in [-0.1, -0.05) is 52.2 Å². The summed E-state index contributed by atoms with van der Waals surface area (Å²) in [5, 5.41) is 13.1. The van der Waals surface area contributed by atoms with E-state index in [0.717, 1.165) is 23.4 Å². The van der Waals surface area contributed by atoms with Crippen LogP contribution in [0.4, 0.5) is 5.69 Å². The van der Waals surface area contributed by atoms with E-state index in [1.54, 1.807) is 0 Å². The molecule has 0 amide bonds. The highest BCUT2D eigenvalue weighted by Gasteiger charge is 2.48. The van der Waals surface area contributed by atoms with Gasteiger partial charge in [0.1, 0.15) is 0 Å². The minimum atomic E-state index is -0.0940. The Bertz CT molecular complexity index is 788. The highest BCUT2D eigenvalue weighted by atomic mass is 16.5. The van der Waals surface area contributed by atoms with Crippen molar-refractivity contribution in [3.63, 3.8) is 0 Å². The normalized spacial score (nSPS) is 26.0. The standard InChI is InChI=1S/C23H31NO/c1-21(2)14-18-17-13-16(23(5)11-7-6-8-12-23)9-10-19(17)24(25)20(18)22(3,4)15-21/h9-10,13-14H,6-8,11-12,15H2,1-5H3. The van der Waals surface area contributed by atoms with Gasteiger partial charge in [-0.2, -0.15) is 4.74 Å². The second-order valence-electron chi connectivity index (χ2n) is 10.1. The van der Waals surface area contributed by atoms with E-state index in [4.69, 9.17) is 0 Å². The van der Waals surface area contributed by atoms with Gasteiger partial charge in [-0.15, -0.1) is 0 Å². The molecule has 2 aliphatic carbocycles. The maximum atomic E-state index is 13.1. The maximum absolute atomic E-state index is 13.1. The van der Waals surface area contributed by atoms with E-state index in [2.05, 4.69) is 58.9 Å². The van der Waals surface area contributed by atoms with Crippen molar-refractivity contribution < 1.29 is 4.74 Å². The fourth-order valence-corrected chi connectivity index (χ4v) is 5.73. The Morgan fingerprint density at radius 2 is 1.64 bits per heavy atom. The van der Waals surface area contributed by atoms with Gasteiger partial charge in [0.15, 0.2) is 0 Å². The van der Waals surface area contributed by atoms with Gasteiger partial charge in [0.25, 0.3) is 0 Å². The monoisotopic (exact) mass is 337 g/mol. The largest absolute Gasteiger partial charge is 0.618 e. The molecular weight excluding hydrogens is 306 g/mol. The van der Waals surface area contributed by atoms with Crippen LogP contribution in [0.1, 0.15) is 84.3 Å². The van der Waals surface area contributed by atoms with E-state index in [0.29, 0.717) is 0 Å². The van der Waals surface area contributed by atoms with E-state index in [1.807, 2.05) is 0 Å². The van der Waals surface area contributed by atoms with Gasteiger partial charge in [-0.25, -0.2) is 0 Å². The van der Waals surface area contributed by atoms with Crippen molar-refractivity contribution in [2.45, 2.75) is 78.6 Å². The molecule has 0 spiro atoms. The zero-order chi connectivity index (χ0) is 18.0. The fraction of sp³-hybridized carbons (Fsp3) is 0.609. The van der Waals surface area contributed by atoms with Crippen LogP contribution in [-0.4, -0.2) is 10.5 Å². The first kappa shape index (κ1) is 16.9. The van der Waals surface area contributed by atoms with Gasteiger partial charge in [-0.05, 0) is 55.6 Å². The lowest BCUT2D eigenvalue weighted by atomic mass is 9.64. The molecule has 1 heterocycles. The minimum Gasteiger partial charge on any atom is -0.618 e. The minimum absolute atomic E-state index is 0.0940. The van der Waals surface area contributed by atoms with Crippen LogP contribution >= 0.6 is 0 Å². The number of allylic oxidation sites excluding steroid dienone is 2. The molecule has 1 fully saturated rings. The molecular formula is C23H31NO. The summed E-state index contributed by atoms with van der Waals surface area (Å²) in [6.07, 6.45) is 9.88. The molecule has 2 nitrogen and oxygen atoms in total. The molecule has 1 aliphatic heterocycles. The van der Waals surface area contributed by atoms with Crippen LogP contribution in [0.15, 0.2) is 24.3 Å². The number of fused-ring (bicyclic) bond motifs is 3. The molecule has 0 N–H and O–H groups in total. The summed E-state index contributed by atoms with van der Waals surface area (Å²) in [6.45, 7) is 11.4. The van der Waals surface area contributed by atoms with Crippen LogP contribution in [-0.2, 0) is 5.41 Å². The number of hydrogen-bond acceptors (Lipinski definition) is 1. The molecule has 1 aromatic rings. The Balaban J connectivity index is 1.86. The molecule has 4 rings (SSSR count). The summed E-state index contributed by atoms with van der Waals surface area (Å²) in [5.74, 6) is 0. The van der Waals surface area contributed by atoms with Crippen molar-refractivity contribution >= 4 is 17.0 Å². The molecule has 25 heavy (non-hydrogen) atoms. The van der Waals surface area contributed by atoms with E-state index in [9.17, 15) is 5.21 Å². The van der Waals surface area contributed by atoms with Crippen molar-refractivity contribution in [1.82, 2.24) is 0 Å². The maximum Gasteiger partial charge on any atom is 0.224 e. The molecule has 2 heteroatoms. The number of rotatable bonds is 1. The average Bonchev–Trinajstić information content (AvgIpc) is 2.79. The summed E-state index contributed by atoms with van der Waals surface area (Å²) in [4.78, 5) is 0. The van der Waals surface area contributed by atoms with Gasteiger partial charge in [0.05, 0.1) is 16.6 Å². The van der Waals surface area contributed by atoms with Gasteiger partial charge in [-0.3, -0.25) is 0 Å². The third-order valence-corrected chi connectivity index (χ3v) is 6.69. The highest BCUT2D eigenvalue weighted by Crippen LogP contribution is 2.51. The first-order valence-corrected chi connectivity index (χ1v) is 9.86.